The van der Waals surface area contributed by atoms with Crippen molar-refractivity contribution in [3.05, 3.63) is 34.1 Å². The molecule has 1 aromatic rings. The summed E-state index contributed by atoms with van der Waals surface area (Å²) in [6.07, 6.45) is 1.65. The van der Waals surface area contributed by atoms with Gasteiger partial charge in [0.2, 0.25) is 0 Å². The molecule has 1 amide bonds. The molecule has 0 atom stereocenters. The highest BCUT2D eigenvalue weighted by molar-refractivity contribution is 9.10. The number of nitrogens with zero attached hydrogens (tertiary/aromatic N) is 1. The van der Waals surface area contributed by atoms with Gasteiger partial charge in [0, 0.05) is 18.5 Å². The highest BCUT2D eigenvalue weighted by Crippen LogP contribution is 2.31. The van der Waals surface area contributed by atoms with E-state index in [1.165, 1.54) is 18.2 Å². The van der Waals surface area contributed by atoms with Gasteiger partial charge in [0.05, 0.1) is 24.2 Å². The molecule has 0 aromatic heterocycles. The number of carbonyl (C=O) groups is 1. The molecule has 0 aliphatic carbocycles. The zero-order chi connectivity index (χ0) is 14.2. The average molecular weight is 344 g/mol. The second kappa shape index (κ2) is 5.42. The Balaban J connectivity index is 1.77. The number of halogens is 2. The van der Waals surface area contributed by atoms with Crippen LogP contribution in [0.3, 0.4) is 0 Å². The van der Waals surface area contributed by atoms with E-state index in [0.717, 1.165) is 12.8 Å². The molecule has 0 saturated carbocycles. The fraction of sp³-hybridized carbons (Fsp3) is 0.500. The summed E-state index contributed by atoms with van der Waals surface area (Å²) < 4.78 is 24.8. The number of hydrogen-bond acceptors (Lipinski definition) is 3. The fourth-order valence-electron chi connectivity index (χ4n) is 2.71. The maximum atomic E-state index is 13.2. The number of benzene rings is 1. The normalized spacial score (nSPS) is 21.4. The average Bonchev–Trinajstić information content (AvgIpc) is 2.89. The largest absolute Gasteiger partial charge is 0.346 e. The van der Waals surface area contributed by atoms with E-state index in [1.807, 2.05) is 0 Å². The van der Waals surface area contributed by atoms with Crippen LogP contribution in [0.25, 0.3) is 0 Å². The molecule has 2 saturated heterocycles. The van der Waals surface area contributed by atoms with Crippen LogP contribution in [-0.4, -0.2) is 42.9 Å². The summed E-state index contributed by atoms with van der Waals surface area (Å²) in [5, 5.41) is 0. The van der Waals surface area contributed by atoms with Gasteiger partial charge in [-0.15, -0.1) is 0 Å². The molecule has 20 heavy (non-hydrogen) atoms. The van der Waals surface area contributed by atoms with E-state index in [0.29, 0.717) is 36.3 Å². The summed E-state index contributed by atoms with van der Waals surface area (Å²) in [6, 6.07) is 4.30. The Morgan fingerprint density at radius 3 is 2.80 bits per heavy atom. The van der Waals surface area contributed by atoms with E-state index in [2.05, 4.69) is 15.9 Å². The summed E-state index contributed by atoms with van der Waals surface area (Å²) in [6.45, 7) is 2.25. The molecule has 2 heterocycles. The Morgan fingerprint density at radius 2 is 2.10 bits per heavy atom. The second-order valence-corrected chi connectivity index (χ2v) is 5.92. The van der Waals surface area contributed by atoms with Crippen LogP contribution in [0.1, 0.15) is 23.2 Å². The third kappa shape index (κ3) is 2.60. The number of ether oxygens (including phenoxy) is 2. The van der Waals surface area contributed by atoms with Crippen molar-refractivity contribution in [1.29, 1.82) is 0 Å². The zero-order valence-corrected chi connectivity index (χ0v) is 12.5. The van der Waals surface area contributed by atoms with Gasteiger partial charge < -0.3 is 14.4 Å². The van der Waals surface area contributed by atoms with E-state index in [-0.39, 0.29) is 11.7 Å². The van der Waals surface area contributed by atoms with E-state index < -0.39 is 5.79 Å². The lowest BCUT2D eigenvalue weighted by atomic mass is 10.0. The van der Waals surface area contributed by atoms with Crippen molar-refractivity contribution >= 4 is 21.8 Å². The third-order valence-electron chi connectivity index (χ3n) is 3.68. The number of amides is 1. The smallest absolute Gasteiger partial charge is 0.254 e. The minimum Gasteiger partial charge on any atom is -0.346 e. The molecule has 108 valence electrons. The molecule has 1 aromatic carbocycles. The predicted molar refractivity (Wildman–Crippen MR) is 73.9 cm³/mol. The lowest BCUT2D eigenvalue weighted by Crippen LogP contribution is -2.51. The first-order chi connectivity index (χ1) is 9.60. The monoisotopic (exact) mass is 343 g/mol. The molecule has 4 nitrogen and oxygen atoms in total. The van der Waals surface area contributed by atoms with E-state index in [9.17, 15) is 9.18 Å². The summed E-state index contributed by atoms with van der Waals surface area (Å²) in [5.41, 5.74) is 0.466. The van der Waals surface area contributed by atoms with Crippen LogP contribution >= 0.6 is 15.9 Å². The van der Waals surface area contributed by atoms with Crippen LogP contribution in [0.15, 0.2) is 22.7 Å². The van der Waals surface area contributed by atoms with Crippen molar-refractivity contribution in [1.82, 2.24) is 4.90 Å². The zero-order valence-electron chi connectivity index (χ0n) is 10.9. The van der Waals surface area contributed by atoms with Gasteiger partial charge >= 0.3 is 0 Å². The lowest BCUT2D eigenvalue weighted by molar-refractivity contribution is -0.183. The highest BCUT2D eigenvalue weighted by Gasteiger charge is 2.42. The molecule has 1 spiro atoms. The molecule has 2 aliphatic rings. The van der Waals surface area contributed by atoms with Gasteiger partial charge in [0.1, 0.15) is 5.82 Å². The molecular weight excluding hydrogens is 329 g/mol. The Bertz CT molecular complexity index is 531. The number of rotatable bonds is 1. The standard InChI is InChI=1S/C14H15BrFNO3/c15-11-8-10(2-3-12(11)16)13(18)17-5-1-4-14(9-17)19-6-7-20-14/h2-3,8H,1,4-7,9H2. The number of piperidine rings is 1. The summed E-state index contributed by atoms with van der Waals surface area (Å²) in [4.78, 5) is 14.2. The highest BCUT2D eigenvalue weighted by atomic mass is 79.9. The van der Waals surface area contributed by atoms with Crippen LogP contribution in [0.2, 0.25) is 0 Å². The topological polar surface area (TPSA) is 38.8 Å². The number of carbonyl (C=O) groups excluding carboxylic acids is 1. The fourth-order valence-corrected chi connectivity index (χ4v) is 3.08. The first-order valence-electron chi connectivity index (χ1n) is 6.62. The van der Waals surface area contributed by atoms with Crippen LogP contribution in [-0.2, 0) is 9.47 Å². The van der Waals surface area contributed by atoms with Crippen LogP contribution in [0.4, 0.5) is 4.39 Å². The molecular formula is C14H15BrFNO3. The lowest BCUT2D eigenvalue weighted by Gasteiger charge is -2.38. The minimum atomic E-state index is -0.634. The Labute approximate surface area is 125 Å². The Kier molecular flexibility index (Phi) is 3.79. The maximum Gasteiger partial charge on any atom is 0.254 e. The van der Waals surface area contributed by atoms with Gasteiger partial charge in [-0.05, 0) is 40.5 Å². The van der Waals surface area contributed by atoms with E-state index in [4.69, 9.17) is 9.47 Å². The minimum absolute atomic E-state index is 0.121. The van der Waals surface area contributed by atoms with Gasteiger partial charge in [0.25, 0.3) is 5.91 Å². The third-order valence-corrected chi connectivity index (χ3v) is 4.29. The molecule has 0 radical (unpaired) electrons. The first-order valence-corrected chi connectivity index (χ1v) is 7.41. The van der Waals surface area contributed by atoms with Crippen LogP contribution in [0.5, 0.6) is 0 Å². The van der Waals surface area contributed by atoms with Crippen molar-refractivity contribution < 1.29 is 18.7 Å². The van der Waals surface area contributed by atoms with Gasteiger partial charge in [0.15, 0.2) is 5.79 Å². The Morgan fingerprint density at radius 1 is 1.35 bits per heavy atom. The van der Waals surface area contributed by atoms with Gasteiger partial charge in [-0.3, -0.25) is 4.79 Å². The summed E-state index contributed by atoms with van der Waals surface area (Å²) in [7, 11) is 0. The van der Waals surface area contributed by atoms with Crippen molar-refractivity contribution in [2.45, 2.75) is 18.6 Å². The first kappa shape index (κ1) is 14.0. The molecule has 0 N–H and O–H groups in total. The quantitative estimate of drug-likeness (QED) is 0.786. The predicted octanol–water partition coefficient (Wildman–Crippen LogP) is 2.57. The van der Waals surface area contributed by atoms with Gasteiger partial charge in [-0.1, -0.05) is 0 Å². The van der Waals surface area contributed by atoms with E-state index in [1.54, 1.807) is 4.90 Å². The van der Waals surface area contributed by atoms with Crippen molar-refractivity contribution in [2.24, 2.45) is 0 Å². The molecule has 0 bridgehead atoms. The molecule has 2 fully saturated rings. The van der Waals surface area contributed by atoms with Crippen molar-refractivity contribution in [3.8, 4) is 0 Å². The van der Waals surface area contributed by atoms with E-state index >= 15 is 0 Å². The SMILES string of the molecule is O=C(c1ccc(F)c(Br)c1)N1CCCC2(C1)OCCO2. The van der Waals surface area contributed by atoms with Crippen LogP contribution < -0.4 is 0 Å². The van der Waals surface area contributed by atoms with Gasteiger partial charge in [-0.25, -0.2) is 4.39 Å². The summed E-state index contributed by atoms with van der Waals surface area (Å²) in [5.74, 6) is -1.13. The second-order valence-electron chi connectivity index (χ2n) is 5.07. The van der Waals surface area contributed by atoms with Gasteiger partial charge in [-0.2, -0.15) is 0 Å². The van der Waals surface area contributed by atoms with Crippen LogP contribution in [0, 0.1) is 5.82 Å². The Hall–Kier alpha value is -0.980. The molecule has 6 heteroatoms. The molecule has 3 rings (SSSR count). The number of likely N-dealkylation sites (tertiary alicyclic amines) is 1. The summed E-state index contributed by atoms with van der Waals surface area (Å²) >= 11 is 3.10. The number of hydrogen-bond donors (Lipinski definition) is 0. The van der Waals surface area contributed by atoms with Crippen molar-refractivity contribution in [3.63, 3.8) is 0 Å². The molecule has 2 aliphatic heterocycles. The maximum absolute atomic E-state index is 13.2. The molecule has 0 unspecified atom stereocenters. The van der Waals surface area contributed by atoms with Crippen molar-refractivity contribution in [2.75, 3.05) is 26.3 Å².